The first-order valence-corrected chi connectivity index (χ1v) is 4.44. The summed E-state index contributed by atoms with van der Waals surface area (Å²) in [5, 5.41) is 0. The summed E-state index contributed by atoms with van der Waals surface area (Å²) in [4.78, 5) is 12.3. The molecular weight excluding hydrogens is 154 g/mol. The maximum absolute atomic E-state index is 10.5. The summed E-state index contributed by atoms with van der Waals surface area (Å²) in [6.45, 7) is 4.68. The average Bonchev–Trinajstić information content (AvgIpc) is 2.50. The molecule has 0 aromatic heterocycles. The van der Waals surface area contributed by atoms with Crippen molar-refractivity contribution in [2.24, 2.45) is 5.41 Å². The first kappa shape index (κ1) is 9.52. The number of methoxy groups -OCH3 is 1. The molecule has 0 bridgehead atoms. The highest BCUT2D eigenvalue weighted by atomic mass is 16.5. The summed E-state index contributed by atoms with van der Waals surface area (Å²) in [6, 6.07) is 0. The maximum Gasteiger partial charge on any atom is 0.209 e. The van der Waals surface area contributed by atoms with E-state index in [1.807, 2.05) is 4.90 Å². The summed E-state index contributed by atoms with van der Waals surface area (Å²) in [6.07, 6.45) is 3.11. The monoisotopic (exact) mass is 171 g/mol. The fourth-order valence-electron chi connectivity index (χ4n) is 1.87. The molecule has 0 saturated carbocycles. The standard InChI is InChI=1S/C9H17NO2/c1-3-9(7-12-2)4-5-10(6-9)8-11/h8H,3-7H2,1-2H3. The van der Waals surface area contributed by atoms with E-state index in [2.05, 4.69) is 6.92 Å². The number of rotatable bonds is 4. The Kier molecular flexibility index (Phi) is 3.09. The fourth-order valence-corrected chi connectivity index (χ4v) is 1.87. The Bertz CT molecular complexity index is 161. The van der Waals surface area contributed by atoms with Crippen molar-refractivity contribution in [3.05, 3.63) is 0 Å². The van der Waals surface area contributed by atoms with E-state index < -0.39 is 0 Å². The average molecular weight is 171 g/mol. The van der Waals surface area contributed by atoms with Crippen LogP contribution in [0.15, 0.2) is 0 Å². The molecule has 1 rings (SSSR count). The van der Waals surface area contributed by atoms with Gasteiger partial charge in [0.2, 0.25) is 6.41 Å². The van der Waals surface area contributed by atoms with Gasteiger partial charge < -0.3 is 9.64 Å². The lowest BCUT2D eigenvalue weighted by atomic mass is 9.85. The molecule has 0 aliphatic carbocycles. The van der Waals surface area contributed by atoms with Gasteiger partial charge >= 0.3 is 0 Å². The normalized spacial score (nSPS) is 29.3. The third-order valence-corrected chi connectivity index (χ3v) is 2.82. The van der Waals surface area contributed by atoms with Crippen molar-refractivity contribution in [1.29, 1.82) is 0 Å². The van der Waals surface area contributed by atoms with Gasteiger partial charge in [-0.05, 0) is 12.8 Å². The summed E-state index contributed by atoms with van der Waals surface area (Å²) in [7, 11) is 1.72. The molecule has 1 amide bonds. The van der Waals surface area contributed by atoms with Crippen LogP contribution in [0.3, 0.4) is 0 Å². The minimum Gasteiger partial charge on any atom is -0.384 e. The molecule has 3 nitrogen and oxygen atoms in total. The first-order chi connectivity index (χ1) is 5.76. The Labute approximate surface area is 73.7 Å². The van der Waals surface area contributed by atoms with E-state index in [-0.39, 0.29) is 5.41 Å². The zero-order chi connectivity index (χ0) is 9.03. The second kappa shape index (κ2) is 3.90. The van der Waals surface area contributed by atoms with Gasteiger partial charge in [-0.3, -0.25) is 4.79 Å². The second-order valence-electron chi connectivity index (χ2n) is 3.61. The van der Waals surface area contributed by atoms with Crippen molar-refractivity contribution < 1.29 is 9.53 Å². The van der Waals surface area contributed by atoms with Crippen LogP contribution in [0.25, 0.3) is 0 Å². The molecule has 1 heterocycles. The van der Waals surface area contributed by atoms with Gasteiger partial charge in [-0.1, -0.05) is 6.92 Å². The van der Waals surface area contributed by atoms with Crippen molar-refractivity contribution in [2.75, 3.05) is 26.8 Å². The van der Waals surface area contributed by atoms with Crippen LogP contribution in [0.4, 0.5) is 0 Å². The van der Waals surface area contributed by atoms with E-state index in [1.54, 1.807) is 7.11 Å². The summed E-state index contributed by atoms with van der Waals surface area (Å²) < 4.78 is 5.17. The molecular formula is C9H17NO2. The molecule has 1 unspecified atom stereocenters. The molecule has 1 atom stereocenters. The van der Waals surface area contributed by atoms with Gasteiger partial charge in [0.05, 0.1) is 6.61 Å². The molecule has 0 spiro atoms. The number of nitrogens with zero attached hydrogens (tertiary/aromatic N) is 1. The molecule has 1 aliphatic heterocycles. The third kappa shape index (κ3) is 1.78. The predicted molar refractivity (Wildman–Crippen MR) is 46.9 cm³/mol. The second-order valence-corrected chi connectivity index (χ2v) is 3.61. The van der Waals surface area contributed by atoms with Crippen LogP contribution in [-0.2, 0) is 9.53 Å². The first-order valence-electron chi connectivity index (χ1n) is 4.44. The van der Waals surface area contributed by atoms with Crippen LogP contribution in [0, 0.1) is 5.41 Å². The molecule has 0 aromatic rings. The zero-order valence-corrected chi connectivity index (χ0v) is 7.88. The molecule has 0 aromatic carbocycles. The number of hydrogen-bond acceptors (Lipinski definition) is 2. The highest BCUT2D eigenvalue weighted by Gasteiger charge is 2.35. The number of amides is 1. The third-order valence-electron chi connectivity index (χ3n) is 2.82. The molecule has 1 fully saturated rings. The van der Waals surface area contributed by atoms with E-state index in [0.29, 0.717) is 0 Å². The highest BCUT2D eigenvalue weighted by molar-refractivity contribution is 5.47. The number of ether oxygens (including phenoxy) is 1. The minimum absolute atomic E-state index is 0.232. The highest BCUT2D eigenvalue weighted by Crippen LogP contribution is 2.33. The summed E-state index contributed by atoms with van der Waals surface area (Å²) >= 11 is 0. The van der Waals surface area contributed by atoms with Crippen molar-refractivity contribution in [3.8, 4) is 0 Å². The van der Waals surface area contributed by atoms with Crippen LogP contribution in [0.1, 0.15) is 19.8 Å². The van der Waals surface area contributed by atoms with Crippen LogP contribution < -0.4 is 0 Å². The predicted octanol–water partition coefficient (Wildman–Crippen LogP) is 0.891. The number of carbonyl (C=O) groups excluding carboxylic acids is 1. The van der Waals surface area contributed by atoms with E-state index in [0.717, 1.165) is 38.9 Å². The van der Waals surface area contributed by atoms with Crippen LogP contribution in [-0.4, -0.2) is 38.1 Å². The number of hydrogen-bond donors (Lipinski definition) is 0. The van der Waals surface area contributed by atoms with Gasteiger partial charge in [-0.15, -0.1) is 0 Å². The Morgan fingerprint density at radius 1 is 1.67 bits per heavy atom. The van der Waals surface area contributed by atoms with Crippen molar-refractivity contribution in [3.63, 3.8) is 0 Å². The topological polar surface area (TPSA) is 29.5 Å². The van der Waals surface area contributed by atoms with Gasteiger partial charge in [0.25, 0.3) is 0 Å². The Morgan fingerprint density at radius 2 is 2.42 bits per heavy atom. The van der Waals surface area contributed by atoms with Gasteiger partial charge in [-0.2, -0.15) is 0 Å². The van der Waals surface area contributed by atoms with Crippen LogP contribution in [0.5, 0.6) is 0 Å². The Morgan fingerprint density at radius 3 is 2.83 bits per heavy atom. The lowest BCUT2D eigenvalue weighted by Gasteiger charge is -2.25. The van der Waals surface area contributed by atoms with E-state index >= 15 is 0 Å². The summed E-state index contributed by atoms with van der Waals surface area (Å²) in [5.41, 5.74) is 0.232. The van der Waals surface area contributed by atoms with Crippen LogP contribution in [0.2, 0.25) is 0 Å². The fraction of sp³-hybridized carbons (Fsp3) is 0.889. The zero-order valence-electron chi connectivity index (χ0n) is 7.88. The van der Waals surface area contributed by atoms with Crippen molar-refractivity contribution in [1.82, 2.24) is 4.90 Å². The molecule has 1 saturated heterocycles. The molecule has 12 heavy (non-hydrogen) atoms. The SMILES string of the molecule is CCC1(COC)CCN(C=O)C1. The molecule has 3 heteroatoms. The Balaban J connectivity index is 2.52. The smallest absolute Gasteiger partial charge is 0.209 e. The maximum atomic E-state index is 10.5. The van der Waals surface area contributed by atoms with Crippen molar-refractivity contribution in [2.45, 2.75) is 19.8 Å². The minimum atomic E-state index is 0.232. The van der Waals surface area contributed by atoms with Crippen molar-refractivity contribution >= 4 is 6.41 Å². The molecule has 1 aliphatic rings. The summed E-state index contributed by atoms with van der Waals surface area (Å²) in [5.74, 6) is 0. The quantitative estimate of drug-likeness (QED) is 0.588. The largest absolute Gasteiger partial charge is 0.384 e. The lowest BCUT2D eigenvalue weighted by Crippen LogP contribution is -2.29. The van der Waals surface area contributed by atoms with E-state index in [9.17, 15) is 4.79 Å². The van der Waals surface area contributed by atoms with Crippen LogP contribution >= 0.6 is 0 Å². The van der Waals surface area contributed by atoms with Gasteiger partial charge in [0.15, 0.2) is 0 Å². The molecule has 0 radical (unpaired) electrons. The van der Waals surface area contributed by atoms with E-state index in [4.69, 9.17) is 4.74 Å². The lowest BCUT2D eigenvalue weighted by molar-refractivity contribution is -0.117. The van der Waals surface area contributed by atoms with E-state index in [1.165, 1.54) is 0 Å². The van der Waals surface area contributed by atoms with Gasteiger partial charge in [-0.25, -0.2) is 0 Å². The molecule has 0 N–H and O–H groups in total. The Hall–Kier alpha value is -0.570. The molecule has 70 valence electrons. The van der Waals surface area contributed by atoms with Gasteiger partial charge in [0, 0.05) is 25.6 Å². The number of likely N-dealkylation sites (tertiary alicyclic amines) is 1. The number of carbonyl (C=O) groups is 1. The van der Waals surface area contributed by atoms with Gasteiger partial charge in [0.1, 0.15) is 0 Å².